The van der Waals surface area contributed by atoms with Gasteiger partial charge in [-0.05, 0) is 31.0 Å². The minimum Gasteiger partial charge on any atom is -0.465 e. The third kappa shape index (κ3) is 3.87. The largest absolute Gasteiger partial charge is 0.465 e. The van der Waals surface area contributed by atoms with Gasteiger partial charge in [0.2, 0.25) is 5.91 Å². The molecule has 25 heavy (non-hydrogen) atoms. The lowest BCUT2D eigenvalue weighted by Crippen LogP contribution is -2.39. The van der Waals surface area contributed by atoms with Crippen LogP contribution in [0, 0.1) is 6.92 Å². The molecule has 2 aromatic carbocycles. The van der Waals surface area contributed by atoms with Crippen molar-refractivity contribution in [1.29, 1.82) is 0 Å². The van der Waals surface area contributed by atoms with Gasteiger partial charge in [0.05, 0.1) is 18.4 Å². The van der Waals surface area contributed by atoms with Crippen LogP contribution in [0.2, 0.25) is 0 Å². The molecule has 1 saturated heterocycles. The van der Waals surface area contributed by atoms with Gasteiger partial charge in [-0.15, -0.1) is 0 Å². The number of nitrogens with one attached hydrogen (secondary N) is 3. The molecule has 0 spiro atoms. The summed E-state index contributed by atoms with van der Waals surface area (Å²) in [4.78, 5) is 24.3. The average molecular weight is 339 g/mol. The van der Waals surface area contributed by atoms with Crippen LogP contribution in [0.5, 0.6) is 0 Å². The van der Waals surface area contributed by atoms with Gasteiger partial charge >= 0.3 is 5.97 Å². The van der Waals surface area contributed by atoms with Crippen molar-refractivity contribution in [3.63, 3.8) is 0 Å². The molecule has 2 atom stereocenters. The summed E-state index contributed by atoms with van der Waals surface area (Å²) in [7, 11) is 1.32. The molecule has 0 saturated carbocycles. The van der Waals surface area contributed by atoms with E-state index in [1.807, 2.05) is 6.92 Å². The zero-order valence-corrected chi connectivity index (χ0v) is 14.2. The predicted molar refractivity (Wildman–Crippen MR) is 95.0 cm³/mol. The first-order valence-electron chi connectivity index (χ1n) is 8.14. The third-order valence-electron chi connectivity index (χ3n) is 4.29. The summed E-state index contributed by atoms with van der Waals surface area (Å²) in [6.45, 7) is 2.04. The molecule has 1 heterocycles. The van der Waals surface area contributed by atoms with Crippen LogP contribution >= 0.6 is 0 Å². The second-order valence-corrected chi connectivity index (χ2v) is 6.07. The van der Waals surface area contributed by atoms with Crippen molar-refractivity contribution in [2.24, 2.45) is 0 Å². The van der Waals surface area contributed by atoms with E-state index in [0.29, 0.717) is 17.7 Å². The highest BCUT2D eigenvalue weighted by Gasteiger charge is 2.30. The summed E-state index contributed by atoms with van der Waals surface area (Å²) in [6.07, 6.45) is 0.620. The van der Waals surface area contributed by atoms with Gasteiger partial charge in [0.15, 0.2) is 0 Å². The van der Waals surface area contributed by atoms with Crippen molar-refractivity contribution in [2.75, 3.05) is 12.4 Å². The number of hydrazine groups is 1. The highest BCUT2D eigenvalue weighted by Crippen LogP contribution is 2.24. The summed E-state index contributed by atoms with van der Waals surface area (Å²) in [5.74, 6) is -0.676. The lowest BCUT2D eigenvalue weighted by molar-refractivity contribution is -0.117. The number of esters is 1. The lowest BCUT2D eigenvalue weighted by Gasteiger charge is -2.13. The molecule has 2 unspecified atom stereocenters. The zero-order valence-electron chi connectivity index (χ0n) is 14.2. The van der Waals surface area contributed by atoms with Crippen LogP contribution < -0.4 is 16.2 Å². The maximum Gasteiger partial charge on any atom is 0.339 e. The van der Waals surface area contributed by atoms with Crippen LogP contribution in [0.25, 0.3) is 0 Å². The number of hydrogen-bond acceptors (Lipinski definition) is 5. The predicted octanol–water partition coefficient (Wildman–Crippen LogP) is 2.33. The van der Waals surface area contributed by atoms with Crippen molar-refractivity contribution in [3.05, 3.63) is 65.2 Å². The van der Waals surface area contributed by atoms with Gasteiger partial charge in [-0.3, -0.25) is 4.79 Å². The summed E-state index contributed by atoms with van der Waals surface area (Å²) in [5.41, 5.74) is 9.28. The number of benzene rings is 2. The Labute approximate surface area is 146 Å². The van der Waals surface area contributed by atoms with Gasteiger partial charge in [-0.2, -0.15) is 0 Å². The zero-order chi connectivity index (χ0) is 17.8. The highest BCUT2D eigenvalue weighted by molar-refractivity contribution is 6.02. The highest BCUT2D eigenvalue weighted by atomic mass is 16.5. The fraction of sp³-hybridized carbons (Fsp3) is 0.263. The molecule has 130 valence electrons. The van der Waals surface area contributed by atoms with Gasteiger partial charge in [0, 0.05) is 6.04 Å². The Hall–Kier alpha value is -2.70. The van der Waals surface area contributed by atoms with E-state index < -0.39 is 12.0 Å². The summed E-state index contributed by atoms with van der Waals surface area (Å²) >= 11 is 0. The first-order chi connectivity index (χ1) is 12.1. The normalized spacial score (nSPS) is 19.4. The molecule has 0 radical (unpaired) electrons. The molecule has 3 N–H and O–H groups in total. The number of ether oxygens (including phenoxy) is 1. The van der Waals surface area contributed by atoms with Gasteiger partial charge in [-0.25, -0.2) is 15.6 Å². The van der Waals surface area contributed by atoms with Crippen LogP contribution in [0.1, 0.15) is 33.9 Å². The Kier molecular flexibility index (Phi) is 5.11. The number of para-hydroxylation sites is 1. The first kappa shape index (κ1) is 17.1. The molecule has 1 amide bonds. The number of amides is 1. The molecule has 6 heteroatoms. The average Bonchev–Trinajstić information content (AvgIpc) is 3.12. The van der Waals surface area contributed by atoms with Gasteiger partial charge in [0.1, 0.15) is 6.04 Å². The summed E-state index contributed by atoms with van der Waals surface area (Å²) in [5, 5.41) is 2.81. The second-order valence-electron chi connectivity index (χ2n) is 6.07. The molecule has 0 aromatic heterocycles. The van der Waals surface area contributed by atoms with Crippen molar-refractivity contribution < 1.29 is 14.3 Å². The topological polar surface area (TPSA) is 79.5 Å². The first-order valence-corrected chi connectivity index (χ1v) is 8.14. The fourth-order valence-corrected chi connectivity index (χ4v) is 2.85. The number of anilines is 1. The van der Waals surface area contributed by atoms with Gasteiger partial charge in [0.25, 0.3) is 0 Å². The van der Waals surface area contributed by atoms with Crippen LogP contribution in [0.15, 0.2) is 48.5 Å². The molecule has 2 aromatic rings. The van der Waals surface area contributed by atoms with E-state index in [2.05, 4.69) is 40.4 Å². The van der Waals surface area contributed by atoms with Crippen molar-refractivity contribution in [1.82, 2.24) is 10.9 Å². The van der Waals surface area contributed by atoms with Gasteiger partial charge < -0.3 is 10.1 Å². The number of rotatable bonds is 4. The number of carbonyl (C=O) groups is 2. The van der Waals surface area contributed by atoms with Gasteiger partial charge in [-0.1, -0.05) is 42.0 Å². The Bertz CT molecular complexity index is 774. The van der Waals surface area contributed by atoms with E-state index in [1.54, 1.807) is 24.3 Å². The van der Waals surface area contributed by atoms with E-state index in [9.17, 15) is 9.59 Å². The SMILES string of the molecule is COC(=O)c1ccccc1NC(=O)C1CC(c2ccc(C)cc2)NN1. The number of hydrogen-bond donors (Lipinski definition) is 3. The van der Waals surface area contributed by atoms with E-state index >= 15 is 0 Å². The molecule has 1 fully saturated rings. The molecular weight excluding hydrogens is 318 g/mol. The molecular formula is C19H21N3O3. The van der Waals surface area contributed by atoms with E-state index in [4.69, 9.17) is 4.74 Å². The smallest absolute Gasteiger partial charge is 0.339 e. The lowest BCUT2D eigenvalue weighted by atomic mass is 10.0. The molecule has 3 rings (SSSR count). The van der Waals surface area contributed by atoms with Crippen LogP contribution in [-0.2, 0) is 9.53 Å². The van der Waals surface area contributed by atoms with Crippen molar-refractivity contribution in [2.45, 2.75) is 25.4 Å². The summed E-state index contributed by atoms with van der Waals surface area (Å²) in [6, 6.07) is 14.7. The Morgan fingerprint density at radius 1 is 1.08 bits per heavy atom. The van der Waals surface area contributed by atoms with Crippen LogP contribution in [0.3, 0.4) is 0 Å². The molecule has 1 aliphatic rings. The summed E-state index contributed by atoms with van der Waals surface area (Å²) < 4.78 is 4.75. The molecule has 0 aliphatic carbocycles. The van der Waals surface area contributed by atoms with Crippen LogP contribution in [-0.4, -0.2) is 25.0 Å². The molecule has 6 nitrogen and oxygen atoms in total. The number of methoxy groups -OCH3 is 1. The maximum atomic E-state index is 12.5. The van der Waals surface area contributed by atoms with E-state index in [1.165, 1.54) is 12.7 Å². The van der Waals surface area contributed by atoms with E-state index in [-0.39, 0.29) is 11.9 Å². The Morgan fingerprint density at radius 3 is 2.52 bits per heavy atom. The molecule has 1 aliphatic heterocycles. The second kappa shape index (κ2) is 7.46. The van der Waals surface area contributed by atoms with Crippen LogP contribution in [0.4, 0.5) is 5.69 Å². The minimum absolute atomic E-state index is 0.0622. The fourth-order valence-electron chi connectivity index (χ4n) is 2.85. The van der Waals surface area contributed by atoms with Crippen molar-refractivity contribution in [3.8, 4) is 0 Å². The quantitative estimate of drug-likeness (QED) is 0.745. The maximum absolute atomic E-state index is 12.5. The number of aryl methyl sites for hydroxylation is 1. The Balaban J connectivity index is 1.67. The van der Waals surface area contributed by atoms with E-state index in [0.717, 1.165) is 5.56 Å². The monoisotopic (exact) mass is 339 g/mol. The molecule has 0 bridgehead atoms. The van der Waals surface area contributed by atoms with Crippen molar-refractivity contribution >= 4 is 17.6 Å². The standard InChI is InChI=1S/C19H21N3O3/c1-12-7-9-13(10-8-12)16-11-17(22-21-16)18(23)20-15-6-4-3-5-14(15)19(24)25-2/h3-10,16-17,21-22H,11H2,1-2H3,(H,20,23). The Morgan fingerprint density at radius 2 is 1.80 bits per heavy atom. The minimum atomic E-state index is -0.481. The number of carbonyl (C=O) groups excluding carboxylic acids is 2. The third-order valence-corrected chi connectivity index (χ3v) is 4.29.